The Morgan fingerprint density at radius 1 is 1.07 bits per heavy atom. The zero-order valence-corrected chi connectivity index (χ0v) is 18.6. The van der Waals surface area contributed by atoms with Gasteiger partial charge in [0.25, 0.3) is 5.91 Å². The number of rotatable bonds is 8. The summed E-state index contributed by atoms with van der Waals surface area (Å²) in [5.41, 5.74) is 1.53. The first-order chi connectivity index (χ1) is 13.5. The van der Waals surface area contributed by atoms with Crippen molar-refractivity contribution in [2.75, 3.05) is 27.2 Å². The van der Waals surface area contributed by atoms with Crippen LogP contribution in [0.5, 0.6) is 5.75 Å². The third-order valence-electron chi connectivity index (χ3n) is 3.87. The fourth-order valence-corrected chi connectivity index (χ4v) is 2.55. The number of carbonyl (C=O) groups excluding carboxylic acids is 1. The van der Waals surface area contributed by atoms with Gasteiger partial charge in [-0.1, -0.05) is 30.3 Å². The number of aliphatic imine (C=N–C) groups is 1. The van der Waals surface area contributed by atoms with Crippen LogP contribution in [0.25, 0.3) is 0 Å². The van der Waals surface area contributed by atoms with E-state index in [9.17, 15) is 13.6 Å². The van der Waals surface area contributed by atoms with Gasteiger partial charge in [-0.15, -0.1) is 24.0 Å². The van der Waals surface area contributed by atoms with Crippen molar-refractivity contribution in [2.45, 2.75) is 13.2 Å². The minimum absolute atomic E-state index is 0. The Balaban J connectivity index is 0.00000420. The van der Waals surface area contributed by atoms with Crippen molar-refractivity contribution in [1.29, 1.82) is 0 Å². The van der Waals surface area contributed by atoms with E-state index >= 15 is 0 Å². The van der Waals surface area contributed by atoms with Crippen LogP contribution in [-0.4, -0.2) is 50.6 Å². The molecule has 6 nitrogen and oxygen atoms in total. The van der Waals surface area contributed by atoms with Crippen molar-refractivity contribution in [3.8, 4) is 5.75 Å². The number of halogens is 3. The average Bonchev–Trinajstić information content (AvgIpc) is 2.69. The third kappa shape index (κ3) is 8.63. The van der Waals surface area contributed by atoms with Crippen LogP contribution in [0.1, 0.15) is 15.9 Å². The molecule has 0 unspecified atom stereocenters. The van der Waals surface area contributed by atoms with Crippen molar-refractivity contribution in [2.24, 2.45) is 4.99 Å². The van der Waals surface area contributed by atoms with Gasteiger partial charge in [-0.25, -0.2) is 0 Å². The number of ether oxygens (including phenoxy) is 1. The minimum Gasteiger partial charge on any atom is -0.435 e. The van der Waals surface area contributed by atoms with Crippen LogP contribution in [0.3, 0.4) is 0 Å². The van der Waals surface area contributed by atoms with E-state index in [0.717, 1.165) is 5.56 Å². The Hall–Kier alpha value is -2.43. The van der Waals surface area contributed by atoms with Crippen molar-refractivity contribution in [1.82, 2.24) is 15.5 Å². The summed E-state index contributed by atoms with van der Waals surface area (Å²) >= 11 is 0. The molecule has 0 atom stereocenters. The smallest absolute Gasteiger partial charge is 0.387 e. The lowest BCUT2D eigenvalue weighted by molar-refractivity contribution is -0.0498. The zero-order valence-electron chi connectivity index (χ0n) is 16.3. The molecule has 1 amide bonds. The van der Waals surface area contributed by atoms with Crippen molar-refractivity contribution in [3.63, 3.8) is 0 Å². The molecule has 2 N–H and O–H groups in total. The second-order valence-electron chi connectivity index (χ2n) is 5.97. The highest BCUT2D eigenvalue weighted by molar-refractivity contribution is 14.0. The van der Waals surface area contributed by atoms with Gasteiger partial charge in [0, 0.05) is 39.3 Å². The number of nitrogens with zero attached hydrogens (tertiary/aromatic N) is 2. The summed E-state index contributed by atoms with van der Waals surface area (Å²) < 4.78 is 28.7. The average molecular weight is 518 g/mol. The van der Waals surface area contributed by atoms with Crippen LogP contribution in [0.2, 0.25) is 0 Å². The van der Waals surface area contributed by atoms with E-state index in [0.29, 0.717) is 31.2 Å². The molecule has 0 heterocycles. The zero-order chi connectivity index (χ0) is 20.4. The molecule has 0 aliphatic carbocycles. The van der Waals surface area contributed by atoms with Crippen LogP contribution in [-0.2, 0) is 6.54 Å². The minimum atomic E-state index is -2.83. The topological polar surface area (TPSA) is 66.0 Å². The van der Waals surface area contributed by atoms with Gasteiger partial charge < -0.3 is 20.3 Å². The maximum atomic E-state index is 12.2. The van der Waals surface area contributed by atoms with Crippen molar-refractivity contribution in [3.05, 3.63) is 65.7 Å². The summed E-state index contributed by atoms with van der Waals surface area (Å²) in [5, 5.41) is 6.01. The van der Waals surface area contributed by atoms with Gasteiger partial charge in [0.15, 0.2) is 5.96 Å². The quantitative estimate of drug-likeness (QED) is 0.244. The van der Waals surface area contributed by atoms with Gasteiger partial charge in [0.05, 0.1) is 0 Å². The van der Waals surface area contributed by atoms with Gasteiger partial charge in [0.2, 0.25) is 0 Å². The highest BCUT2D eigenvalue weighted by Gasteiger charge is 2.09. The number of alkyl halides is 2. The van der Waals surface area contributed by atoms with Crippen LogP contribution in [0, 0.1) is 0 Å². The predicted molar refractivity (Wildman–Crippen MR) is 120 cm³/mol. The number of hydrogen-bond acceptors (Lipinski definition) is 3. The Kier molecular flexibility index (Phi) is 11.0. The highest BCUT2D eigenvalue weighted by Crippen LogP contribution is 2.15. The Morgan fingerprint density at radius 3 is 2.28 bits per heavy atom. The number of guanidine groups is 1. The number of amides is 1. The maximum absolute atomic E-state index is 12.2. The molecular formula is C20H25F2IN4O2. The van der Waals surface area contributed by atoms with Gasteiger partial charge in [-0.3, -0.25) is 9.79 Å². The number of hydrogen-bond donors (Lipinski definition) is 2. The molecule has 0 aromatic heterocycles. The highest BCUT2D eigenvalue weighted by atomic mass is 127. The molecule has 2 aromatic rings. The first-order valence-corrected chi connectivity index (χ1v) is 8.78. The number of carbonyl (C=O) groups is 1. The van der Waals surface area contributed by atoms with Gasteiger partial charge in [-0.2, -0.15) is 8.78 Å². The first kappa shape index (κ1) is 24.6. The predicted octanol–water partition coefficient (Wildman–Crippen LogP) is 3.34. The molecule has 0 aliphatic rings. The Bertz CT molecular complexity index is 774. The molecule has 0 radical (unpaired) electrons. The van der Waals surface area contributed by atoms with Crippen LogP contribution >= 0.6 is 24.0 Å². The lowest BCUT2D eigenvalue weighted by atomic mass is 10.2. The fraction of sp³-hybridized carbons (Fsp3) is 0.300. The first-order valence-electron chi connectivity index (χ1n) is 8.78. The molecule has 158 valence electrons. The van der Waals surface area contributed by atoms with Crippen LogP contribution in [0.15, 0.2) is 59.6 Å². The van der Waals surface area contributed by atoms with Crippen molar-refractivity contribution >= 4 is 35.8 Å². The molecule has 0 bridgehead atoms. The van der Waals surface area contributed by atoms with Gasteiger partial charge in [0.1, 0.15) is 5.75 Å². The molecule has 0 aliphatic heterocycles. The summed E-state index contributed by atoms with van der Waals surface area (Å²) in [6, 6.07) is 15.5. The lowest BCUT2D eigenvalue weighted by Gasteiger charge is -2.22. The molecule has 0 saturated carbocycles. The lowest BCUT2D eigenvalue weighted by Crippen LogP contribution is -2.42. The number of nitrogens with one attached hydrogen (secondary N) is 2. The van der Waals surface area contributed by atoms with E-state index in [4.69, 9.17) is 0 Å². The second kappa shape index (κ2) is 12.9. The molecule has 0 saturated heterocycles. The van der Waals surface area contributed by atoms with Gasteiger partial charge in [-0.05, 0) is 29.8 Å². The third-order valence-corrected chi connectivity index (χ3v) is 3.87. The number of benzene rings is 2. The van der Waals surface area contributed by atoms with Crippen LogP contribution in [0.4, 0.5) is 8.78 Å². The van der Waals surface area contributed by atoms with E-state index in [1.165, 1.54) is 12.1 Å². The summed E-state index contributed by atoms with van der Waals surface area (Å²) in [7, 11) is 3.53. The van der Waals surface area contributed by atoms with Crippen LogP contribution < -0.4 is 15.4 Å². The molecule has 0 spiro atoms. The Morgan fingerprint density at radius 2 is 1.69 bits per heavy atom. The monoisotopic (exact) mass is 518 g/mol. The normalized spacial score (nSPS) is 10.9. The standard InChI is InChI=1S/C20H24F2N4O2.HI/c1-23-20(25-13-12-24-18(27)16-6-4-3-5-7-16)26(2)14-15-8-10-17(11-9-15)28-19(21)22;/h3-11,19H,12-14H2,1-2H3,(H,23,25)(H,24,27);1H. The maximum Gasteiger partial charge on any atom is 0.387 e. The second-order valence-corrected chi connectivity index (χ2v) is 5.97. The van der Waals surface area contributed by atoms with Gasteiger partial charge >= 0.3 is 6.61 Å². The molecule has 29 heavy (non-hydrogen) atoms. The summed E-state index contributed by atoms with van der Waals surface area (Å²) in [6.45, 7) is -1.35. The van der Waals surface area contributed by atoms with E-state index in [1.807, 2.05) is 30.1 Å². The fourth-order valence-electron chi connectivity index (χ4n) is 2.55. The van der Waals surface area contributed by atoms with E-state index in [2.05, 4.69) is 20.4 Å². The molecule has 9 heteroatoms. The molecule has 2 rings (SSSR count). The molecule has 2 aromatic carbocycles. The summed E-state index contributed by atoms with van der Waals surface area (Å²) in [6.07, 6.45) is 0. The summed E-state index contributed by atoms with van der Waals surface area (Å²) in [4.78, 5) is 18.1. The van der Waals surface area contributed by atoms with E-state index in [1.54, 1.807) is 31.3 Å². The molecular weight excluding hydrogens is 493 g/mol. The Labute approximate surface area is 186 Å². The summed E-state index contributed by atoms with van der Waals surface area (Å²) in [5.74, 6) is 0.650. The SMILES string of the molecule is CN=C(NCCNC(=O)c1ccccc1)N(C)Cc1ccc(OC(F)F)cc1.I. The van der Waals surface area contributed by atoms with E-state index < -0.39 is 6.61 Å². The molecule has 0 fully saturated rings. The van der Waals surface area contributed by atoms with Crippen molar-refractivity contribution < 1.29 is 18.3 Å². The van der Waals surface area contributed by atoms with E-state index in [-0.39, 0.29) is 35.6 Å². The largest absolute Gasteiger partial charge is 0.435 e.